The van der Waals surface area contributed by atoms with E-state index >= 15 is 0 Å². The predicted octanol–water partition coefficient (Wildman–Crippen LogP) is 4.19. The van der Waals surface area contributed by atoms with Crippen LogP contribution < -0.4 is 10.8 Å². The van der Waals surface area contributed by atoms with E-state index in [1.54, 1.807) is 32.0 Å². The van der Waals surface area contributed by atoms with Crippen molar-refractivity contribution in [2.24, 2.45) is 0 Å². The third-order valence-electron chi connectivity index (χ3n) is 3.77. The molecular formula is C18H18F3IN2O3. The van der Waals surface area contributed by atoms with Gasteiger partial charge in [0.25, 0.3) is 5.91 Å². The molecule has 0 fully saturated rings. The van der Waals surface area contributed by atoms with Gasteiger partial charge >= 0.3 is 0 Å². The van der Waals surface area contributed by atoms with Gasteiger partial charge in [0.2, 0.25) is 0 Å². The Morgan fingerprint density at radius 2 is 1.96 bits per heavy atom. The van der Waals surface area contributed by atoms with Crippen molar-refractivity contribution in [2.45, 2.75) is 26.4 Å². The summed E-state index contributed by atoms with van der Waals surface area (Å²) in [5.74, 6) is -5.70. The highest BCUT2D eigenvalue weighted by Gasteiger charge is 2.23. The number of amides is 1. The maximum atomic E-state index is 14.3. The van der Waals surface area contributed by atoms with Gasteiger partial charge in [0.1, 0.15) is 6.61 Å². The Morgan fingerprint density at radius 3 is 2.59 bits per heavy atom. The molecule has 2 aromatic rings. The fourth-order valence-corrected chi connectivity index (χ4v) is 2.82. The summed E-state index contributed by atoms with van der Waals surface area (Å²) < 4.78 is 42.6. The second kappa shape index (κ2) is 9.38. The zero-order valence-electron chi connectivity index (χ0n) is 14.6. The second-order valence-corrected chi connectivity index (χ2v) is 7.04. The van der Waals surface area contributed by atoms with Crippen LogP contribution >= 0.6 is 22.6 Å². The smallest absolute Gasteiger partial charge is 0.277 e. The average Bonchev–Trinajstić information content (AvgIpc) is 2.63. The van der Waals surface area contributed by atoms with Crippen LogP contribution in [0.5, 0.6) is 0 Å². The van der Waals surface area contributed by atoms with Crippen LogP contribution in [0.4, 0.5) is 24.5 Å². The molecule has 1 amide bonds. The number of nitrogens with one attached hydrogen (secondary N) is 2. The molecular weight excluding hydrogens is 476 g/mol. The largest absolute Gasteiger partial charge is 0.391 e. The van der Waals surface area contributed by atoms with Gasteiger partial charge in [-0.05, 0) is 65.8 Å². The van der Waals surface area contributed by atoms with Crippen LogP contribution in [0.2, 0.25) is 0 Å². The van der Waals surface area contributed by atoms with Crippen molar-refractivity contribution in [3.63, 3.8) is 0 Å². The van der Waals surface area contributed by atoms with Crippen molar-refractivity contribution < 1.29 is 27.9 Å². The standard InChI is InChI=1S/C18H18F3IN2O3/c1-3-11(25)8-27-24-18(26)12-7-13(19)15(20)16(21)17(12)23-14-5-4-10(22)6-9(14)2/h4-7,11,23,25H,3,8H2,1-2H3,(H,24,26). The topological polar surface area (TPSA) is 70.6 Å². The SMILES string of the molecule is CCC(O)CONC(=O)c1cc(F)c(F)c(F)c1Nc1ccc(I)cc1C. The molecule has 0 spiro atoms. The third-order valence-corrected chi connectivity index (χ3v) is 4.44. The van der Waals surface area contributed by atoms with Crippen molar-refractivity contribution in [1.29, 1.82) is 0 Å². The van der Waals surface area contributed by atoms with Crippen LogP contribution in [-0.2, 0) is 4.84 Å². The molecule has 0 aromatic heterocycles. The van der Waals surface area contributed by atoms with Gasteiger partial charge in [-0.3, -0.25) is 9.63 Å². The molecule has 0 aliphatic carbocycles. The van der Waals surface area contributed by atoms with E-state index in [9.17, 15) is 23.1 Å². The van der Waals surface area contributed by atoms with E-state index in [2.05, 4.69) is 27.9 Å². The van der Waals surface area contributed by atoms with E-state index in [0.29, 0.717) is 18.2 Å². The molecule has 2 rings (SSSR count). The molecule has 146 valence electrons. The lowest BCUT2D eigenvalue weighted by Gasteiger charge is -2.16. The molecule has 5 nitrogen and oxygen atoms in total. The quantitative estimate of drug-likeness (QED) is 0.307. The van der Waals surface area contributed by atoms with E-state index in [1.165, 1.54) is 0 Å². The maximum absolute atomic E-state index is 14.3. The summed E-state index contributed by atoms with van der Waals surface area (Å²) in [7, 11) is 0. The molecule has 0 saturated carbocycles. The zero-order chi connectivity index (χ0) is 20.1. The van der Waals surface area contributed by atoms with E-state index in [1.807, 2.05) is 5.48 Å². The minimum atomic E-state index is -1.69. The van der Waals surface area contributed by atoms with E-state index in [-0.39, 0.29) is 6.61 Å². The van der Waals surface area contributed by atoms with Gasteiger partial charge in [0, 0.05) is 9.26 Å². The molecule has 0 saturated heterocycles. The number of halogens is 4. The Morgan fingerprint density at radius 1 is 1.26 bits per heavy atom. The summed E-state index contributed by atoms with van der Waals surface area (Å²) in [6.07, 6.45) is -0.409. The Hall–Kier alpha value is -1.85. The van der Waals surface area contributed by atoms with Crippen LogP contribution in [0, 0.1) is 27.9 Å². The Balaban J connectivity index is 2.34. The number of carbonyl (C=O) groups excluding carboxylic acids is 1. The third kappa shape index (κ3) is 5.33. The van der Waals surface area contributed by atoms with Gasteiger partial charge in [0.05, 0.1) is 17.4 Å². The number of aryl methyl sites for hydroxylation is 1. The molecule has 1 atom stereocenters. The summed E-state index contributed by atoms with van der Waals surface area (Å²) >= 11 is 2.10. The first kappa shape index (κ1) is 21.5. The number of rotatable bonds is 7. The highest BCUT2D eigenvalue weighted by Crippen LogP contribution is 2.30. The van der Waals surface area contributed by atoms with Crippen LogP contribution in [-0.4, -0.2) is 23.7 Å². The van der Waals surface area contributed by atoms with Gasteiger partial charge in [-0.1, -0.05) is 6.92 Å². The maximum Gasteiger partial charge on any atom is 0.277 e. The van der Waals surface area contributed by atoms with Crippen molar-refractivity contribution in [3.8, 4) is 0 Å². The molecule has 2 aromatic carbocycles. The fourth-order valence-electron chi connectivity index (χ4n) is 2.17. The number of aliphatic hydroxyl groups excluding tert-OH is 1. The first-order valence-corrected chi connectivity index (χ1v) is 9.13. The summed E-state index contributed by atoms with van der Waals surface area (Å²) in [4.78, 5) is 17.1. The molecule has 0 aliphatic rings. The van der Waals surface area contributed by atoms with Crippen LogP contribution in [0.3, 0.4) is 0 Å². The number of carbonyl (C=O) groups is 1. The first-order chi connectivity index (χ1) is 12.7. The van der Waals surface area contributed by atoms with E-state index in [0.717, 1.165) is 9.13 Å². The Bertz CT molecular complexity index is 849. The predicted molar refractivity (Wildman–Crippen MR) is 103 cm³/mol. The highest BCUT2D eigenvalue weighted by molar-refractivity contribution is 14.1. The fraction of sp³-hybridized carbons (Fsp3) is 0.278. The molecule has 0 radical (unpaired) electrons. The van der Waals surface area contributed by atoms with Gasteiger partial charge in [0.15, 0.2) is 17.5 Å². The molecule has 27 heavy (non-hydrogen) atoms. The molecule has 0 heterocycles. The van der Waals surface area contributed by atoms with Crippen molar-refractivity contribution in [3.05, 3.63) is 56.4 Å². The number of aliphatic hydroxyl groups is 1. The lowest BCUT2D eigenvalue weighted by molar-refractivity contribution is -0.0133. The van der Waals surface area contributed by atoms with Gasteiger partial charge < -0.3 is 10.4 Å². The van der Waals surface area contributed by atoms with Gasteiger partial charge in [-0.15, -0.1) is 0 Å². The number of hydroxylamine groups is 1. The van der Waals surface area contributed by atoms with Crippen LogP contribution in [0.1, 0.15) is 29.3 Å². The summed E-state index contributed by atoms with van der Waals surface area (Å²) in [5, 5.41) is 12.1. The Labute approximate surface area is 168 Å². The molecule has 9 heteroatoms. The molecule has 0 aliphatic heterocycles. The number of hydrogen-bond acceptors (Lipinski definition) is 4. The van der Waals surface area contributed by atoms with E-state index in [4.69, 9.17) is 4.84 Å². The molecule has 1 unspecified atom stereocenters. The number of benzene rings is 2. The molecule has 3 N–H and O–H groups in total. The van der Waals surface area contributed by atoms with Crippen LogP contribution in [0.25, 0.3) is 0 Å². The van der Waals surface area contributed by atoms with Crippen molar-refractivity contribution >= 4 is 39.9 Å². The van der Waals surface area contributed by atoms with Crippen molar-refractivity contribution in [1.82, 2.24) is 5.48 Å². The summed E-state index contributed by atoms with van der Waals surface area (Å²) in [5.41, 5.74) is 2.15. The first-order valence-electron chi connectivity index (χ1n) is 8.05. The van der Waals surface area contributed by atoms with E-state index < -0.39 is 40.7 Å². The minimum absolute atomic E-state index is 0.201. The number of anilines is 2. The van der Waals surface area contributed by atoms with Gasteiger partial charge in [-0.2, -0.15) is 0 Å². The number of hydrogen-bond donors (Lipinski definition) is 3. The lowest BCUT2D eigenvalue weighted by Crippen LogP contribution is -2.29. The Kier molecular flexibility index (Phi) is 7.45. The zero-order valence-corrected chi connectivity index (χ0v) is 16.7. The second-order valence-electron chi connectivity index (χ2n) is 5.80. The lowest BCUT2D eigenvalue weighted by atomic mass is 10.1. The van der Waals surface area contributed by atoms with Crippen molar-refractivity contribution in [2.75, 3.05) is 11.9 Å². The van der Waals surface area contributed by atoms with Crippen LogP contribution in [0.15, 0.2) is 24.3 Å². The monoisotopic (exact) mass is 494 g/mol. The minimum Gasteiger partial charge on any atom is -0.391 e. The highest BCUT2D eigenvalue weighted by atomic mass is 127. The normalized spacial score (nSPS) is 12.0. The summed E-state index contributed by atoms with van der Waals surface area (Å²) in [6.45, 7) is 3.26. The van der Waals surface area contributed by atoms with Gasteiger partial charge in [-0.25, -0.2) is 18.7 Å². The molecule has 0 bridgehead atoms. The average molecular weight is 494 g/mol. The summed E-state index contributed by atoms with van der Waals surface area (Å²) in [6, 6.07) is 5.75.